The summed E-state index contributed by atoms with van der Waals surface area (Å²) in [6, 6.07) is 12.9. The molecule has 3 aromatic rings. The number of aromatic amines is 1. The number of fused-ring (bicyclic) bond motifs is 1. The number of hydrogen-bond donors (Lipinski definition) is 4. The molecule has 12 nitrogen and oxygen atoms in total. The van der Waals surface area contributed by atoms with E-state index >= 15 is 0 Å². The van der Waals surface area contributed by atoms with Gasteiger partial charge in [0, 0.05) is 17.6 Å². The van der Waals surface area contributed by atoms with E-state index in [1.807, 2.05) is 30.3 Å². The number of esters is 1. The summed E-state index contributed by atoms with van der Waals surface area (Å²) in [5.41, 5.74) is -1.50. The smallest absolute Gasteiger partial charge is 0.330 e. The van der Waals surface area contributed by atoms with Crippen molar-refractivity contribution in [3.05, 3.63) is 75.6 Å². The van der Waals surface area contributed by atoms with E-state index in [9.17, 15) is 24.6 Å². The van der Waals surface area contributed by atoms with Crippen molar-refractivity contribution >= 4 is 35.2 Å². The number of terminal acetylenes is 1. The summed E-state index contributed by atoms with van der Waals surface area (Å²) in [5, 5.41) is 24.9. The highest BCUT2D eigenvalue weighted by molar-refractivity contribution is 8.09. The number of benzene rings is 2. The van der Waals surface area contributed by atoms with Crippen LogP contribution in [0, 0.1) is 12.3 Å². The van der Waals surface area contributed by atoms with E-state index in [-0.39, 0.29) is 6.10 Å². The second kappa shape index (κ2) is 14.5. The Labute approximate surface area is 241 Å². The van der Waals surface area contributed by atoms with Crippen LogP contribution in [0.15, 0.2) is 64.3 Å². The van der Waals surface area contributed by atoms with Gasteiger partial charge < -0.3 is 28.7 Å². The monoisotopic (exact) mass is 605 g/mol. The lowest BCUT2D eigenvalue weighted by molar-refractivity contribution is -0.149. The van der Waals surface area contributed by atoms with Gasteiger partial charge in [-0.25, -0.2) is 9.88 Å². The van der Waals surface area contributed by atoms with Crippen LogP contribution in [0.25, 0.3) is 10.8 Å². The highest BCUT2D eigenvalue weighted by Crippen LogP contribution is 2.47. The molecule has 3 unspecified atom stereocenters. The highest BCUT2D eigenvalue weighted by Gasteiger charge is 2.32. The van der Waals surface area contributed by atoms with E-state index in [4.69, 9.17) is 36.8 Å². The Morgan fingerprint density at radius 2 is 1.88 bits per heavy atom. The fraction of sp³-hybridized carbons (Fsp3) is 0.370. The quantitative estimate of drug-likeness (QED) is 0.121. The molecule has 14 heteroatoms. The van der Waals surface area contributed by atoms with Gasteiger partial charge in [0.2, 0.25) is 0 Å². The number of aliphatic hydroxyl groups excluding tert-OH is 2. The van der Waals surface area contributed by atoms with Crippen molar-refractivity contribution in [2.24, 2.45) is 0 Å². The van der Waals surface area contributed by atoms with E-state index in [0.29, 0.717) is 5.75 Å². The first-order valence-electron chi connectivity index (χ1n) is 12.6. The molecular weight excluding hydrogens is 573 g/mol. The van der Waals surface area contributed by atoms with Crippen molar-refractivity contribution in [1.29, 1.82) is 0 Å². The van der Waals surface area contributed by atoms with Crippen LogP contribution in [0.3, 0.4) is 0 Å². The summed E-state index contributed by atoms with van der Waals surface area (Å²) in [6.07, 6.45) is 1.95. The summed E-state index contributed by atoms with van der Waals surface area (Å²) in [5.74, 6) is 1.92. The fourth-order valence-corrected chi connectivity index (χ4v) is 6.07. The molecule has 0 aliphatic carbocycles. The maximum atomic E-state index is 12.6. The summed E-state index contributed by atoms with van der Waals surface area (Å²) in [6.45, 7) is 0.170. The van der Waals surface area contributed by atoms with Crippen LogP contribution in [-0.4, -0.2) is 63.3 Å². The lowest BCUT2D eigenvalue weighted by Gasteiger charge is -2.30. The number of nitrogens with one attached hydrogen (secondary N) is 2. The molecule has 3 rings (SSSR count). The average molecular weight is 606 g/mol. The van der Waals surface area contributed by atoms with E-state index in [2.05, 4.69) is 16.0 Å². The second-order valence-electron chi connectivity index (χ2n) is 9.14. The molecule has 0 spiro atoms. The van der Waals surface area contributed by atoms with Gasteiger partial charge in [0.05, 0.1) is 19.3 Å². The van der Waals surface area contributed by atoms with Gasteiger partial charge in [-0.2, -0.15) is 0 Å². The third-order valence-corrected chi connectivity index (χ3v) is 8.09. The molecule has 41 heavy (non-hydrogen) atoms. The molecule has 0 amide bonds. The molecule has 2 aromatic carbocycles. The van der Waals surface area contributed by atoms with Crippen molar-refractivity contribution in [2.45, 2.75) is 51.4 Å². The Bertz CT molecular complexity index is 1550. The van der Waals surface area contributed by atoms with Gasteiger partial charge in [0.15, 0.2) is 6.23 Å². The first-order chi connectivity index (χ1) is 19.5. The molecule has 0 saturated carbocycles. The predicted molar refractivity (Wildman–Crippen MR) is 156 cm³/mol. The van der Waals surface area contributed by atoms with Crippen LogP contribution in [0.2, 0.25) is 0 Å². The molecule has 0 aliphatic rings. The molecule has 0 radical (unpaired) electrons. The normalized spacial score (nSPS) is 15.8. The summed E-state index contributed by atoms with van der Waals surface area (Å²) in [4.78, 5) is 38.3. The van der Waals surface area contributed by atoms with Crippen LogP contribution < -0.4 is 20.9 Å². The second-order valence-corrected chi connectivity index (χ2v) is 12.3. The van der Waals surface area contributed by atoms with Crippen LogP contribution in [0.4, 0.5) is 0 Å². The number of hydrogen-bond acceptors (Lipinski definition) is 10. The first-order valence-corrected chi connectivity index (χ1v) is 15.2. The third kappa shape index (κ3) is 8.82. The zero-order valence-electron chi connectivity index (χ0n) is 22.6. The first kappa shape index (κ1) is 32.2. The van der Waals surface area contributed by atoms with Crippen molar-refractivity contribution < 1.29 is 33.5 Å². The zero-order chi connectivity index (χ0) is 30.2. The van der Waals surface area contributed by atoms with Crippen molar-refractivity contribution in [3.63, 3.8) is 0 Å². The number of aromatic nitrogens is 2. The minimum Gasteiger partial charge on any atom is -0.462 e. The predicted octanol–water partition coefficient (Wildman–Crippen LogP) is 1.81. The summed E-state index contributed by atoms with van der Waals surface area (Å²) in [7, 11) is 0. The SMILES string of the molecule is C#C[C@H](O)C(COP(=S)(N[C@@H](C)C(=O)OC(C)C)Oc1cccc2ccccc12)OC(CO)n1ccc(=O)[nH]c1=O. The standard InChI is InChI=1S/C27H32N3O9PS/c1-5-21(32)23(38-25(15-31)30-14-13-24(33)28-27(30)35)16-36-40(41,29-18(4)26(34)37-17(2)3)39-22-12-8-10-19-9-6-7-11-20(19)22/h1,6-14,17-18,21,23,25,31-32H,15-16H2,2-4H3,(H,29,41)(H,28,33,35)/t18-,21-,23?,25?,40?/m0/s1. The number of carbonyl (C=O) groups excluding carboxylic acids is 1. The molecule has 0 aliphatic heterocycles. The number of aliphatic hydroxyl groups is 2. The molecule has 0 saturated heterocycles. The minimum absolute atomic E-state index is 0.375. The van der Waals surface area contributed by atoms with Crippen LogP contribution in [-0.2, 0) is 30.6 Å². The van der Waals surface area contributed by atoms with Gasteiger partial charge in [-0.15, -0.1) is 6.42 Å². The van der Waals surface area contributed by atoms with Gasteiger partial charge in [0.25, 0.3) is 5.56 Å². The van der Waals surface area contributed by atoms with E-state index in [0.717, 1.165) is 27.6 Å². The van der Waals surface area contributed by atoms with Gasteiger partial charge >= 0.3 is 18.3 Å². The Morgan fingerprint density at radius 1 is 1.17 bits per heavy atom. The molecule has 1 heterocycles. The summed E-state index contributed by atoms with van der Waals surface area (Å²) >= 11 is 5.78. The maximum absolute atomic E-state index is 12.6. The molecule has 5 atom stereocenters. The molecule has 4 N–H and O–H groups in total. The zero-order valence-corrected chi connectivity index (χ0v) is 24.3. The highest BCUT2D eigenvalue weighted by atomic mass is 32.5. The molecular formula is C27H32N3O9PS. The van der Waals surface area contributed by atoms with Crippen molar-refractivity contribution in [3.8, 4) is 18.1 Å². The Morgan fingerprint density at radius 3 is 2.54 bits per heavy atom. The molecule has 0 bridgehead atoms. The largest absolute Gasteiger partial charge is 0.462 e. The van der Waals surface area contributed by atoms with Crippen LogP contribution >= 0.6 is 6.64 Å². The summed E-state index contributed by atoms with van der Waals surface area (Å²) < 4.78 is 24.2. The van der Waals surface area contributed by atoms with Gasteiger partial charge in [-0.05, 0) is 44.0 Å². The number of rotatable bonds is 14. The Kier molecular flexibility index (Phi) is 11.4. The number of nitrogens with zero attached hydrogens (tertiary/aromatic N) is 1. The molecule has 0 fully saturated rings. The van der Waals surface area contributed by atoms with Gasteiger partial charge in [-0.1, -0.05) is 42.3 Å². The van der Waals surface area contributed by atoms with E-state index in [1.54, 1.807) is 26.0 Å². The van der Waals surface area contributed by atoms with Gasteiger partial charge in [0.1, 0.15) is 24.0 Å². The fourth-order valence-electron chi connectivity index (χ4n) is 3.66. The number of H-pyrrole nitrogens is 1. The Balaban J connectivity index is 1.91. The van der Waals surface area contributed by atoms with Crippen molar-refractivity contribution in [1.82, 2.24) is 14.6 Å². The van der Waals surface area contributed by atoms with Crippen LogP contribution in [0.5, 0.6) is 5.75 Å². The maximum Gasteiger partial charge on any atom is 0.330 e. The topological polar surface area (TPSA) is 161 Å². The third-order valence-electron chi connectivity index (χ3n) is 5.61. The lowest BCUT2D eigenvalue weighted by atomic mass is 10.1. The Hall–Kier alpha value is -3.34. The van der Waals surface area contributed by atoms with Gasteiger partial charge in [-0.3, -0.25) is 19.1 Å². The van der Waals surface area contributed by atoms with Crippen molar-refractivity contribution in [2.75, 3.05) is 13.2 Å². The number of ether oxygens (including phenoxy) is 2. The average Bonchev–Trinajstić information content (AvgIpc) is 2.93. The van der Waals surface area contributed by atoms with Crippen LogP contribution in [0.1, 0.15) is 27.0 Å². The van der Waals surface area contributed by atoms with E-state index in [1.165, 1.54) is 6.92 Å². The molecule has 220 valence electrons. The van der Waals surface area contributed by atoms with E-state index < -0.39 is 61.6 Å². The minimum atomic E-state index is -3.60. The molecule has 1 aromatic heterocycles. The lowest BCUT2D eigenvalue weighted by Crippen LogP contribution is -2.41. The number of carbonyl (C=O) groups is 1.